The van der Waals surface area contributed by atoms with Crippen LogP contribution < -0.4 is 24.7 Å². The van der Waals surface area contributed by atoms with Crippen molar-refractivity contribution in [3.63, 3.8) is 0 Å². The number of rotatable bonds is 16. The van der Waals surface area contributed by atoms with Crippen LogP contribution in [0.5, 0.6) is 17.2 Å². The molecule has 1 atom stereocenters. The number of hydrogen-bond acceptors (Lipinski definition) is 10. The van der Waals surface area contributed by atoms with Crippen LogP contribution in [-0.4, -0.2) is 85.3 Å². The van der Waals surface area contributed by atoms with Crippen LogP contribution in [0.3, 0.4) is 0 Å². The lowest BCUT2D eigenvalue weighted by Gasteiger charge is -2.18. The predicted molar refractivity (Wildman–Crippen MR) is 153 cm³/mol. The third-order valence-corrected chi connectivity index (χ3v) is 6.30. The van der Waals surface area contributed by atoms with E-state index in [0.29, 0.717) is 31.9 Å². The first-order chi connectivity index (χ1) is 19.1. The number of nitrogens with one attached hydrogen (secondary N) is 1. The summed E-state index contributed by atoms with van der Waals surface area (Å²) in [6.45, 7) is 5.66. The molecule has 0 aliphatic carbocycles. The van der Waals surface area contributed by atoms with Crippen LogP contribution in [0.25, 0.3) is 0 Å². The second kappa shape index (κ2) is 18.0. The Hall–Kier alpha value is -3.63. The molecule has 0 fully saturated rings. The van der Waals surface area contributed by atoms with Crippen LogP contribution in [-0.2, 0) is 30.8 Å². The number of methoxy groups -OCH3 is 1. The zero-order valence-corrected chi connectivity index (χ0v) is 24.9. The van der Waals surface area contributed by atoms with Gasteiger partial charge in [0, 0.05) is 12.6 Å². The van der Waals surface area contributed by atoms with Crippen molar-refractivity contribution < 1.29 is 57.4 Å². The first kappa shape index (κ1) is 38.4. The molecule has 0 saturated carbocycles. The molecule has 14 nitrogen and oxygen atoms in total. The number of carboxylic acid groups (broad SMARTS) is 3. The minimum atomic E-state index is -3.84. The summed E-state index contributed by atoms with van der Waals surface area (Å²) in [7, 11) is -2.43. The SMILES string of the molecule is CCOc1ccccc1OCCN[C@H](C)Cc1ccc(OC)c(S(N)(=O)=O)c1.Cl.O=C(O)CC(O)(CC(=O)O)C(=O)O. The van der Waals surface area contributed by atoms with Crippen molar-refractivity contribution in [2.75, 3.05) is 26.9 Å². The van der Waals surface area contributed by atoms with Gasteiger partial charge in [-0.3, -0.25) is 9.59 Å². The maximum Gasteiger partial charge on any atom is 0.336 e. The van der Waals surface area contributed by atoms with Crippen LogP contribution in [0.4, 0.5) is 0 Å². The summed E-state index contributed by atoms with van der Waals surface area (Å²) in [6, 6.07) is 12.7. The van der Waals surface area contributed by atoms with E-state index in [1.165, 1.54) is 7.11 Å². The standard InChI is InChI=1S/C20H28N2O5S.C6H8O7.ClH/c1-4-26-17-7-5-6-8-18(17)27-12-11-22-15(2)13-16-9-10-19(25-3)20(14-16)28(21,23)24;7-3(8)1-6(13,5(11)12)2-4(9)10;/h5-10,14-15,22H,4,11-13H2,1-3H3,(H2,21,23,24);13H,1-2H2,(H,7,8)(H,9,10)(H,11,12);1H/t15-;;/m1../s1. The number of halogens is 1. The molecule has 0 unspecified atom stereocenters. The quantitative estimate of drug-likeness (QED) is 0.144. The van der Waals surface area contributed by atoms with Crippen LogP contribution in [0.1, 0.15) is 32.3 Å². The highest BCUT2D eigenvalue weighted by atomic mass is 35.5. The van der Waals surface area contributed by atoms with E-state index in [0.717, 1.165) is 11.3 Å². The second-order valence-electron chi connectivity index (χ2n) is 8.80. The minimum Gasteiger partial charge on any atom is -0.495 e. The monoisotopic (exact) mass is 636 g/mol. The smallest absolute Gasteiger partial charge is 0.336 e. The lowest BCUT2D eigenvalue weighted by Crippen LogP contribution is -2.42. The summed E-state index contributed by atoms with van der Waals surface area (Å²) < 4.78 is 39.9. The van der Waals surface area contributed by atoms with Gasteiger partial charge in [0.15, 0.2) is 17.1 Å². The molecule has 42 heavy (non-hydrogen) atoms. The Bertz CT molecular complexity index is 1270. The Morgan fingerprint density at radius 1 is 0.976 bits per heavy atom. The van der Waals surface area contributed by atoms with Gasteiger partial charge in [-0.05, 0) is 50.1 Å². The Kier molecular flexibility index (Phi) is 16.5. The number of hydrogen-bond donors (Lipinski definition) is 6. The summed E-state index contributed by atoms with van der Waals surface area (Å²) in [5.41, 5.74) is -1.88. The van der Waals surface area contributed by atoms with E-state index in [1.54, 1.807) is 12.1 Å². The first-order valence-electron chi connectivity index (χ1n) is 12.3. The number of sulfonamides is 1. The maximum absolute atomic E-state index is 11.7. The van der Waals surface area contributed by atoms with Gasteiger partial charge in [0.1, 0.15) is 17.3 Å². The molecule has 2 aromatic carbocycles. The summed E-state index contributed by atoms with van der Waals surface area (Å²) in [5, 5.41) is 42.4. The largest absolute Gasteiger partial charge is 0.495 e. The molecule has 0 aliphatic rings. The molecule has 0 bridgehead atoms. The van der Waals surface area contributed by atoms with Crippen LogP contribution in [0.15, 0.2) is 47.4 Å². The molecule has 0 spiro atoms. The zero-order valence-electron chi connectivity index (χ0n) is 23.3. The predicted octanol–water partition coefficient (Wildman–Crippen LogP) is 1.51. The summed E-state index contributed by atoms with van der Waals surface area (Å²) in [4.78, 5) is 30.5. The van der Waals surface area contributed by atoms with Gasteiger partial charge < -0.3 is 40.0 Å². The van der Waals surface area contributed by atoms with E-state index in [2.05, 4.69) is 5.32 Å². The maximum atomic E-state index is 11.7. The third kappa shape index (κ3) is 13.4. The fourth-order valence-electron chi connectivity index (χ4n) is 3.52. The van der Waals surface area contributed by atoms with Crippen molar-refractivity contribution in [3.8, 4) is 17.2 Å². The molecule has 0 heterocycles. The highest BCUT2D eigenvalue weighted by Gasteiger charge is 2.40. The molecule has 0 amide bonds. The van der Waals surface area contributed by atoms with E-state index in [1.807, 2.05) is 44.2 Å². The van der Waals surface area contributed by atoms with Gasteiger partial charge >= 0.3 is 17.9 Å². The van der Waals surface area contributed by atoms with Crippen molar-refractivity contribution in [1.82, 2.24) is 5.32 Å². The van der Waals surface area contributed by atoms with Gasteiger partial charge in [-0.1, -0.05) is 18.2 Å². The van der Waals surface area contributed by atoms with E-state index < -0.39 is 46.4 Å². The van der Waals surface area contributed by atoms with Crippen molar-refractivity contribution in [2.45, 2.75) is 49.6 Å². The van der Waals surface area contributed by atoms with Gasteiger partial charge in [0.25, 0.3) is 0 Å². The van der Waals surface area contributed by atoms with E-state index in [-0.39, 0.29) is 29.1 Å². The Morgan fingerprint density at radius 3 is 1.98 bits per heavy atom. The Labute approximate surface area is 249 Å². The minimum absolute atomic E-state index is 0. The van der Waals surface area contributed by atoms with Crippen LogP contribution in [0.2, 0.25) is 0 Å². The lowest BCUT2D eigenvalue weighted by molar-refractivity contribution is -0.170. The average Bonchev–Trinajstić information content (AvgIpc) is 2.86. The average molecular weight is 637 g/mol. The number of para-hydroxylation sites is 2. The number of carbonyl (C=O) groups is 3. The van der Waals surface area contributed by atoms with Crippen LogP contribution >= 0.6 is 12.4 Å². The topological polar surface area (TPSA) is 232 Å². The lowest BCUT2D eigenvalue weighted by atomic mass is 9.96. The van der Waals surface area contributed by atoms with Gasteiger partial charge in [0.2, 0.25) is 10.0 Å². The van der Waals surface area contributed by atoms with Gasteiger partial charge in [0.05, 0.1) is 26.6 Å². The first-order valence-corrected chi connectivity index (χ1v) is 13.8. The molecule has 236 valence electrons. The fourth-order valence-corrected chi connectivity index (χ4v) is 4.27. The molecule has 0 aromatic heterocycles. The molecule has 0 aliphatic heterocycles. The Balaban J connectivity index is 0.00000102. The van der Waals surface area contributed by atoms with Crippen molar-refractivity contribution in [1.29, 1.82) is 0 Å². The summed E-state index contributed by atoms with van der Waals surface area (Å²) in [5.74, 6) is -3.33. The molecule has 0 saturated heterocycles. The summed E-state index contributed by atoms with van der Waals surface area (Å²) in [6.07, 6.45) is -1.65. The molecule has 2 aromatic rings. The van der Waals surface area contributed by atoms with Gasteiger partial charge in [-0.25, -0.2) is 18.4 Å². The number of aliphatic hydroxyl groups is 1. The molecular formula is C26H37ClN2O12S. The number of carboxylic acids is 3. The number of aliphatic carboxylic acids is 3. The number of nitrogens with two attached hydrogens (primary N) is 1. The Morgan fingerprint density at radius 2 is 1.52 bits per heavy atom. The van der Waals surface area contributed by atoms with E-state index in [4.69, 9.17) is 39.8 Å². The molecule has 7 N–H and O–H groups in total. The van der Waals surface area contributed by atoms with Gasteiger partial charge in [-0.2, -0.15) is 0 Å². The highest BCUT2D eigenvalue weighted by molar-refractivity contribution is 7.89. The van der Waals surface area contributed by atoms with Crippen molar-refractivity contribution >= 4 is 40.3 Å². The number of ether oxygens (including phenoxy) is 3. The van der Waals surface area contributed by atoms with Crippen molar-refractivity contribution in [3.05, 3.63) is 48.0 Å². The van der Waals surface area contributed by atoms with E-state index >= 15 is 0 Å². The second-order valence-corrected chi connectivity index (χ2v) is 10.3. The molecule has 16 heteroatoms. The highest BCUT2D eigenvalue weighted by Crippen LogP contribution is 2.26. The number of benzene rings is 2. The van der Waals surface area contributed by atoms with Gasteiger partial charge in [-0.15, -0.1) is 12.4 Å². The summed E-state index contributed by atoms with van der Waals surface area (Å²) >= 11 is 0. The fraction of sp³-hybridized carbons (Fsp3) is 0.423. The third-order valence-electron chi connectivity index (χ3n) is 5.36. The molecule has 2 rings (SSSR count). The zero-order chi connectivity index (χ0) is 31.2. The van der Waals surface area contributed by atoms with Crippen molar-refractivity contribution in [2.24, 2.45) is 5.14 Å². The molecule has 0 radical (unpaired) electrons. The van der Waals surface area contributed by atoms with Crippen LogP contribution in [0, 0.1) is 0 Å². The van der Waals surface area contributed by atoms with E-state index in [9.17, 15) is 22.8 Å². The normalized spacial score (nSPS) is 11.6. The molecular weight excluding hydrogens is 600 g/mol. The number of primary sulfonamides is 1.